The normalized spacial score (nSPS) is 12.9. The molecule has 0 spiro atoms. The fraction of sp³-hybridized carbons (Fsp3) is 0.400. The van der Waals surface area contributed by atoms with Gasteiger partial charge < -0.3 is 5.73 Å². The maximum absolute atomic E-state index is 5.89. The molecule has 0 radical (unpaired) electrons. The van der Waals surface area contributed by atoms with E-state index in [0.29, 0.717) is 0 Å². The fourth-order valence-electron chi connectivity index (χ4n) is 1.13. The Hall–Kier alpha value is 0.140. The minimum absolute atomic E-state index is 0.255. The number of hydrogen-bond donors (Lipinski definition) is 1. The van der Waals surface area contributed by atoms with Gasteiger partial charge in [-0.15, -0.1) is 0 Å². The van der Waals surface area contributed by atoms with Gasteiger partial charge in [-0.05, 0) is 56.3 Å². The monoisotopic (exact) mass is 305 g/mol. The van der Waals surface area contributed by atoms with Crippen LogP contribution in [0.3, 0.4) is 0 Å². The second-order valence-corrected chi connectivity index (χ2v) is 4.73. The van der Waals surface area contributed by atoms with Gasteiger partial charge in [-0.1, -0.05) is 19.1 Å². The van der Waals surface area contributed by atoms with Crippen LogP contribution in [0.25, 0.3) is 0 Å². The lowest BCUT2D eigenvalue weighted by molar-refractivity contribution is 0.645. The van der Waals surface area contributed by atoms with E-state index in [0.717, 1.165) is 21.8 Å². The van der Waals surface area contributed by atoms with Crippen LogP contribution in [0.15, 0.2) is 27.1 Å². The van der Waals surface area contributed by atoms with Gasteiger partial charge in [0.1, 0.15) is 0 Å². The summed E-state index contributed by atoms with van der Waals surface area (Å²) in [6, 6.07) is 6.41. The van der Waals surface area contributed by atoms with Gasteiger partial charge in [0.2, 0.25) is 0 Å². The van der Waals surface area contributed by atoms with Crippen molar-refractivity contribution >= 4 is 31.9 Å². The van der Waals surface area contributed by atoms with Crippen molar-refractivity contribution < 1.29 is 0 Å². The first-order valence-electron chi connectivity index (χ1n) is 4.33. The molecule has 0 aliphatic heterocycles. The van der Waals surface area contributed by atoms with Crippen molar-refractivity contribution in [3.05, 3.63) is 32.7 Å². The van der Waals surface area contributed by atoms with E-state index in [2.05, 4.69) is 44.8 Å². The molecule has 0 bridgehead atoms. The third kappa shape index (κ3) is 3.08. The molecule has 0 aliphatic rings. The van der Waals surface area contributed by atoms with E-state index in [9.17, 15) is 0 Å². The Morgan fingerprint density at radius 3 is 2.69 bits per heavy atom. The van der Waals surface area contributed by atoms with E-state index in [-0.39, 0.29) is 6.04 Å². The van der Waals surface area contributed by atoms with Gasteiger partial charge in [-0.3, -0.25) is 0 Å². The molecule has 3 heteroatoms. The summed E-state index contributed by atoms with van der Waals surface area (Å²) in [4.78, 5) is 0. The molecule has 0 saturated heterocycles. The number of halogens is 2. The van der Waals surface area contributed by atoms with Gasteiger partial charge in [0.05, 0.1) is 0 Å². The van der Waals surface area contributed by atoms with Crippen LogP contribution < -0.4 is 5.73 Å². The predicted molar refractivity (Wildman–Crippen MR) is 63.8 cm³/mol. The molecule has 0 saturated carbocycles. The van der Waals surface area contributed by atoms with Crippen molar-refractivity contribution in [2.75, 3.05) is 0 Å². The molecule has 1 aromatic carbocycles. The van der Waals surface area contributed by atoms with E-state index in [1.165, 1.54) is 5.56 Å². The predicted octanol–water partition coefficient (Wildman–Crippen LogP) is 3.49. The Morgan fingerprint density at radius 1 is 1.38 bits per heavy atom. The van der Waals surface area contributed by atoms with E-state index < -0.39 is 0 Å². The fourth-order valence-corrected chi connectivity index (χ4v) is 1.97. The third-order valence-corrected chi connectivity index (χ3v) is 4.17. The summed E-state index contributed by atoms with van der Waals surface area (Å²) in [7, 11) is 0. The van der Waals surface area contributed by atoms with Gasteiger partial charge in [0, 0.05) is 15.0 Å². The van der Waals surface area contributed by atoms with E-state index >= 15 is 0 Å². The van der Waals surface area contributed by atoms with Crippen LogP contribution in [0.1, 0.15) is 18.9 Å². The summed E-state index contributed by atoms with van der Waals surface area (Å²) in [5.74, 6) is 0. The second-order valence-electron chi connectivity index (χ2n) is 3.09. The van der Waals surface area contributed by atoms with Gasteiger partial charge in [-0.25, -0.2) is 0 Å². The molecule has 0 fully saturated rings. The molecule has 72 valence electrons. The Balaban J connectivity index is 2.83. The Morgan fingerprint density at radius 2 is 2.08 bits per heavy atom. The highest BCUT2D eigenvalue weighted by atomic mass is 79.9. The first kappa shape index (κ1) is 11.2. The molecule has 2 N–H and O–H groups in total. The first-order chi connectivity index (χ1) is 6.15. The molecule has 1 rings (SSSR count). The molecule has 1 aromatic rings. The third-order valence-electron chi connectivity index (χ3n) is 2.04. The Kier molecular flexibility index (Phi) is 4.42. The van der Waals surface area contributed by atoms with Crippen molar-refractivity contribution in [1.82, 2.24) is 0 Å². The second kappa shape index (κ2) is 5.13. The summed E-state index contributed by atoms with van der Waals surface area (Å²) in [6.07, 6.45) is 1.94. The Labute approximate surface area is 96.0 Å². The van der Waals surface area contributed by atoms with Crippen LogP contribution in [0.5, 0.6) is 0 Å². The number of rotatable bonds is 3. The van der Waals surface area contributed by atoms with Crippen molar-refractivity contribution in [3.8, 4) is 0 Å². The van der Waals surface area contributed by atoms with Crippen molar-refractivity contribution in [1.29, 1.82) is 0 Å². The van der Waals surface area contributed by atoms with Crippen LogP contribution in [0.2, 0.25) is 0 Å². The van der Waals surface area contributed by atoms with E-state index in [1.54, 1.807) is 0 Å². The van der Waals surface area contributed by atoms with Gasteiger partial charge in [0.15, 0.2) is 0 Å². The minimum atomic E-state index is 0.255. The van der Waals surface area contributed by atoms with Crippen molar-refractivity contribution in [2.24, 2.45) is 5.73 Å². The molecular weight excluding hydrogens is 294 g/mol. The van der Waals surface area contributed by atoms with E-state index in [4.69, 9.17) is 5.73 Å². The zero-order chi connectivity index (χ0) is 9.84. The molecule has 1 nitrogen and oxygen atoms in total. The SMILES string of the molecule is CC[C@@H](N)Cc1cccc(Br)c1Br. The smallest absolute Gasteiger partial charge is 0.0350 e. The summed E-state index contributed by atoms with van der Waals surface area (Å²) in [5.41, 5.74) is 7.16. The first-order valence-corrected chi connectivity index (χ1v) is 5.92. The summed E-state index contributed by atoms with van der Waals surface area (Å²) in [6.45, 7) is 2.11. The standard InChI is InChI=1S/C10H13Br2N/c1-2-8(13)6-7-4-3-5-9(11)10(7)12/h3-5,8H,2,6,13H2,1H3/t8-/m1/s1. The van der Waals surface area contributed by atoms with Crippen LogP contribution in [0, 0.1) is 0 Å². The molecule has 13 heavy (non-hydrogen) atoms. The summed E-state index contributed by atoms with van der Waals surface area (Å²) >= 11 is 7.01. The highest BCUT2D eigenvalue weighted by molar-refractivity contribution is 9.13. The maximum Gasteiger partial charge on any atom is 0.0350 e. The number of hydrogen-bond acceptors (Lipinski definition) is 1. The maximum atomic E-state index is 5.89. The highest BCUT2D eigenvalue weighted by Crippen LogP contribution is 2.27. The molecule has 1 atom stereocenters. The molecule has 0 amide bonds. The van der Waals surface area contributed by atoms with Crippen LogP contribution in [0.4, 0.5) is 0 Å². The lowest BCUT2D eigenvalue weighted by Crippen LogP contribution is -2.21. The zero-order valence-electron chi connectivity index (χ0n) is 7.56. The zero-order valence-corrected chi connectivity index (χ0v) is 10.7. The summed E-state index contributed by atoms with van der Waals surface area (Å²) < 4.78 is 2.22. The molecule has 0 aromatic heterocycles. The quantitative estimate of drug-likeness (QED) is 0.909. The number of nitrogens with two attached hydrogens (primary N) is 1. The summed E-state index contributed by atoms with van der Waals surface area (Å²) in [5, 5.41) is 0. The average molecular weight is 307 g/mol. The lowest BCUT2D eigenvalue weighted by atomic mass is 10.1. The highest BCUT2D eigenvalue weighted by Gasteiger charge is 2.06. The van der Waals surface area contributed by atoms with Crippen LogP contribution in [-0.4, -0.2) is 6.04 Å². The van der Waals surface area contributed by atoms with Crippen LogP contribution in [-0.2, 0) is 6.42 Å². The topological polar surface area (TPSA) is 26.0 Å². The van der Waals surface area contributed by atoms with E-state index in [1.807, 2.05) is 12.1 Å². The largest absolute Gasteiger partial charge is 0.327 e. The average Bonchev–Trinajstić information content (AvgIpc) is 2.13. The lowest BCUT2D eigenvalue weighted by Gasteiger charge is -2.10. The molecule has 0 aliphatic carbocycles. The molecule has 0 unspecified atom stereocenters. The van der Waals surface area contributed by atoms with Crippen LogP contribution >= 0.6 is 31.9 Å². The van der Waals surface area contributed by atoms with Crippen molar-refractivity contribution in [3.63, 3.8) is 0 Å². The molecule has 0 heterocycles. The number of benzene rings is 1. The minimum Gasteiger partial charge on any atom is -0.327 e. The van der Waals surface area contributed by atoms with Crippen molar-refractivity contribution in [2.45, 2.75) is 25.8 Å². The Bertz CT molecular complexity index is 286. The van der Waals surface area contributed by atoms with Gasteiger partial charge in [0.25, 0.3) is 0 Å². The van der Waals surface area contributed by atoms with Gasteiger partial charge in [-0.2, -0.15) is 0 Å². The van der Waals surface area contributed by atoms with Gasteiger partial charge >= 0.3 is 0 Å². The molecular formula is C10H13Br2N.